The van der Waals surface area contributed by atoms with Crippen molar-refractivity contribution in [1.82, 2.24) is 0 Å². The predicted octanol–water partition coefficient (Wildman–Crippen LogP) is 2.95. The van der Waals surface area contributed by atoms with Gasteiger partial charge < -0.3 is 10.8 Å². The fraction of sp³-hybridized carbons (Fsp3) is 0. The first-order chi connectivity index (χ1) is 5.70. The molecular weight excluding hydrogens is 238 g/mol. The summed E-state index contributed by atoms with van der Waals surface area (Å²) in [7, 11) is 0. The number of nitrogens with two attached hydrogens (primary N) is 1. The SMILES string of the molecule is Nc1c(O)cc2sccc2c1Br. The summed E-state index contributed by atoms with van der Waals surface area (Å²) >= 11 is 4.91. The molecule has 4 heteroatoms. The molecular formula is C8H6BrNOS. The molecule has 12 heavy (non-hydrogen) atoms. The van der Waals surface area contributed by atoms with E-state index in [0.717, 1.165) is 14.6 Å². The van der Waals surface area contributed by atoms with E-state index in [0.29, 0.717) is 5.69 Å². The highest BCUT2D eigenvalue weighted by Gasteiger charge is 2.07. The van der Waals surface area contributed by atoms with E-state index >= 15 is 0 Å². The number of halogens is 1. The lowest BCUT2D eigenvalue weighted by atomic mass is 10.2. The first-order valence-electron chi connectivity index (χ1n) is 3.34. The lowest BCUT2D eigenvalue weighted by Gasteiger charge is -2.02. The highest BCUT2D eigenvalue weighted by Crippen LogP contribution is 2.38. The standard InChI is InChI=1S/C8H6BrNOS/c9-7-4-1-2-12-6(4)3-5(11)8(7)10/h1-3,11H,10H2. The molecule has 0 aliphatic heterocycles. The summed E-state index contributed by atoms with van der Waals surface area (Å²) in [6, 6.07) is 3.65. The highest BCUT2D eigenvalue weighted by molar-refractivity contribution is 9.10. The van der Waals surface area contributed by atoms with Gasteiger partial charge in [0.2, 0.25) is 0 Å². The molecule has 1 aromatic carbocycles. The molecule has 0 saturated heterocycles. The van der Waals surface area contributed by atoms with Gasteiger partial charge >= 0.3 is 0 Å². The molecule has 0 radical (unpaired) electrons. The molecule has 0 aliphatic rings. The monoisotopic (exact) mass is 243 g/mol. The predicted molar refractivity (Wildman–Crippen MR) is 55.6 cm³/mol. The van der Waals surface area contributed by atoms with Gasteiger partial charge in [0.25, 0.3) is 0 Å². The minimum absolute atomic E-state index is 0.136. The molecule has 0 bridgehead atoms. The van der Waals surface area contributed by atoms with E-state index in [2.05, 4.69) is 15.9 Å². The number of hydrogen-bond acceptors (Lipinski definition) is 3. The van der Waals surface area contributed by atoms with Crippen LogP contribution >= 0.6 is 27.3 Å². The van der Waals surface area contributed by atoms with Crippen LogP contribution in [-0.4, -0.2) is 5.11 Å². The van der Waals surface area contributed by atoms with Gasteiger partial charge in [-0.05, 0) is 33.4 Å². The van der Waals surface area contributed by atoms with E-state index < -0.39 is 0 Å². The first kappa shape index (κ1) is 7.89. The Hall–Kier alpha value is -0.740. The van der Waals surface area contributed by atoms with Crippen LogP contribution in [0.1, 0.15) is 0 Å². The summed E-state index contributed by atoms with van der Waals surface area (Å²) in [5, 5.41) is 12.4. The molecule has 0 saturated carbocycles. The number of fused-ring (bicyclic) bond motifs is 1. The number of aromatic hydroxyl groups is 1. The molecule has 62 valence electrons. The van der Waals surface area contributed by atoms with Crippen molar-refractivity contribution in [3.63, 3.8) is 0 Å². The largest absolute Gasteiger partial charge is 0.506 e. The fourth-order valence-corrected chi connectivity index (χ4v) is 2.58. The van der Waals surface area contributed by atoms with Crippen LogP contribution in [0.4, 0.5) is 5.69 Å². The number of phenolic OH excluding ortho intramolecular Hbond substituents is 1. The Bertz CT molecular complexity index is 438. The number of thiophene rings is 1. The number of benzene rings is 1. The maximum absolute atomic E-state index is 9.37. The number of rotatable bonds is 0. The third kappa shape index (κ3) is 0.990. The van der Waals surface area contributed by atoms with Crippen LogP contribution in [0.15, 0.2) is 22.0 Å². The van der Waals surface area contributed by atoms with Crippen molar-refractivity contribution < 1.29 is 5.11 Å². The van der Waals surface area contributed by atoms with Gasteiger partial charge in [-0.15, -0.1) is 11.3 Å². The molecule has 2 nitrogen and oxygen atoms in total. The van der Waals surface area contributed by atoms with E-state index in [4.69, 9.17) is 5.73 Å². The minimum atomic E-state index is 0.136. The Morgan fingerprint density at radius 2 is 2.25 bits per heavy atom. The molecule has 2 rings (SSSR count). The lowest BCUT2D eigenvalue weighted by molar-refractivity contribution is 0.478. The van der Waals surface area contributed by atoms with Crippen molar-refractivity contribution >= 4 is 43.0 Å². The van der Waals surface area contributed by atoms with E-state index in [9.17, 15) is 5.11 Å². The van der Waals surface area contributed by atoms with Gasteiger partial charge in [-0.2, -0.15) is 0 Å². The summed E-state index contributed by atoms with van der Waals surface area (Å²) in [6.07, 6.45) is 0. The molecule has 1 aromatic heterocycles. The molecule has 0 amide bonds. The Labute approximate surface area is 81.8 Å². The van der Waals surface area contributed by atoms with Crippen molar-refractivity contribution in [2.45, 2.75) is 0 Å². The van der Waals surface area contributed by atoms with Crippen LogP contribution in [0, 0.1) is 0 Å². The van der Waals surface area contributed by atoms with E-state index in [1.54, 1.807) is 17.4 Å². The van der Waals surface area contributed by atoms with Crippen LogP contribution < -0.4 is 5.73 Å². The molecule has 0 aliphatic carbocycles. The molecule has 0 fully saturated rings. The average molecular weight is 244 g/mol. The maximum atomic E-state index is 9.37. The average Bonchev–Trinajstić information content (AvgIpc) is 2.48. The number of phenols is 1. The van der Waals surface area contributed by atoms with E-state index in [1.807, 2.05) is 11.4 Å². The third-order valence-electron chi connectivity index (χ3n) is 1.71. The normalized spacial score (nSPS) is 10.8. The van der Waals surface area contributed by atoms with Crippen LogP contribution in [-0.2, 0) is 0 Å². The molecule has 1 heterocycles. The van der Waals surface area contributed by atoms with Gasteiger partial charge in [0.1, 0.15) is 5.75 Å². The minimum Gasteiger partial charge on any atom is -0.506 e. The van der Waals surface area contributed by atoms with Gasteiger partial charge in [-0.25, -0.2) is 0 Å². The zero-order chi connectivity index (χ0) is 8.72. The zero-order valence-corrected chi connectivity index (χ0v) is 8.45. The quantitative estimate of drug-likeness (QED) is 0.552. The Balaban J connectivity index is 2.94. The van der Waals surface area contributed by atoms with Gasteiger partial charge in [0.05, 0.1) is 10.2 Å². The second-order valence-corrected chi connectivity index (χ2v) is 4.20. The summed E-state index contributed by atoms with van der Waals surface area (Å²) in [4.78, 5) is 0. The van der Waals surface area contributed by atoms with Crippen LogP contribution in [0.25, 0.3) is 10.1 Å². The van der Waals surface area contributed by atoms with Crippen molar-refractivity contribution in [3.8, 4) is 5.75 Å². The topological polar surface area (TPSA) is 46.2 Å². The molecule has 0 spiro atoms. The number of anilines is 1. The second-order valence-electron chi connectivity index (χ2n) is 2.46. The Kier molecular flexibility index (Phi) is 1.73. The zero-order valence-electron chi connectivity index (χ0n) is 6.04. The molecule has 0 atom stereocenters. The van der Waals surface area contributed by atoms with Gasteiger partial charge in [0, 0.05) is 10.1 Å². The molecule has 0 unspecified atom stereocenters. The smallest absolute Gasteiger partial charge is 0.141 e. The molecule has 2 aromatic rings. The summed E-state index contributed by atoms with van der Waals surface area (Å²) in [6.45, 7) is 0. The third-order valence-corrected chi connectivity index (χ3v) is 3.43. The van der Waals surface area contributed by atoms with Crippen molar-refractivity contribution in [1.29, 1.82) is 0 Å². The Morgan fingerprint density at radius 1 is 1.50 bits per heavy atom. The highest BCUT2D eigenvalue weighted by atomic mass is 79.9. The molecule has 3 N–H and O–H groups in total. The van der Waals surface area contributed by atoms with Gasteiger partial charge in [0.15, 0.2) is 0 Å². The summed E-state index contributed by atoms with van der Waals surface area (Å²) < 4.78 is 1.81. The van der Waals surface area contributed by atoms with Crippen LogP contribution in [0.3, 0.4) is 0 Å². The van der Waals surface area contributed by atoms with E-state index in [1.165, 1.54) is 0 Å². The second kappa shape index (κ2) is 2.64. The van der Waals surface area contributed by atoms with E-state index in [-0.39, 0.29) is 5.75 Å². The maximum Gasteiger partial charge on any atom is 0.141 e. The summed E-state index contributed by atoms with van der Waals surface area (Å²) in [5.74, 6) is 0.136. The van der Waals surface area contributed by atoms with Crippen LogP contribution in [0.5, 0.6) is 5.75 Å². The van der Waals surface area contributed by atoms with Crippen molar-refractivity contribution in [2.24, 2.45) is 0 Å². The first-order valence-corrected chi connectivity index (χ1v) is 5.01. The lowest BCUT2D eigenvalue weighted by Crippen LogP contribution is -1.86. The number of nitrogen functional groups attached to an aromatic ring is 1. The van der Waals surface area contributed by atoms with Crippen molar-refractivity contribution in [2.75, 3.05) is 5.73 Å². The van der Waals surface area contributed by atoms with Gasteiger partial charge in [-0.1, -0.05) is 0 Å². The van der Waals surface area contributed by atoms with Gasteiger partial charge in [-0.3, -0.25) is 0 Å². The fourth-order valence-electron chi connectivity index (χ4n) is 1.07. The van der Waals surface area contributed by atoms with Crippen LogP contribution in [0.2, 0.25) is 0 Å². The van der Waals surface area contributed by atoms with Crippen molar-refractivity contribution in [3.05, 3.63) is 22.0 Å². The Morgan fingerprint density at radius 3 is 3.00 bits per heavy atom. The summed E-state index contributed by atoms with van der Waals surface area (Å²) in [5.41, 5.74) is 6.02. The number of hydrogen-bond donors (Lipinski definition) is 2.